The van der Waals surface area contributed by atoms with E-state index in [0.29, 0.717) is 24.4 Å². The number of carbonyl (C=O) groups is 2. The van der Waals surface area contributed by atoms with Gasteiger partial charge in [-0.25, -0.2) is 13.9 Å². The predicted octanol–water partition coefficient (Wildman–Crippen LogP) is 3.49. The van der Waals surface area contributed by atoms with E-state index in [1.54, 1.807) is 35.5 Å². The minimum absolute atomic E-state index is 0.191. The maximum atomic E-state index is 13.6. The smallest absolute Gasteiger partial charge is 0.275 e. The number of carbonyl (C=O) groups excluding carboxylic acids is 2. The van der Waals surface area contributed by atoms with Crippen molar-refractivity contribution in [3.63, 3.8) is 0 Å². The quantitative estimate of drug-likeness (QED) is 0.666. The Morgan fingerprint density at radius 3 is 2.59 bits per heavy atom. The van der Waals surface area contributed by atoms with Crippen molar-refractivity contribution in [1.29, 1.82) is 0 Å². The molecule has 32 heavy (non-hydrogen) atoms. The van der Waals surface area contributed by atoms with Crippen molar-refractivity contribution in [2.24, 2.45) is 0 Å². The molecule has 4 rings (SSSR count). The molecule has 2 amide bonds. The third-order valence-electron chi connectivity index (χ3n) is 6.01. The SMILES string of the molecule is Cc1cc(F)ccc1-c1cc(C(C)(C)C)c2nc(C(=O)N3CCNC(=O)C3(C)C)cn2n1. The van der Waals surface area contributed by atoms with Gasteiger partial charge in [0, 0.05) is 24.2 Å². The first-order valence-corrected chi connectivity index (χ1v) is 10.7. The molecule has 0 spiro atoms. The van der Waals surface area contributed by atoms with E-state index < -0.39 is 5.54 Å². The Bertz CT molecular complexity index is 1240. The summed E-state index contributed by atoms with van der Waals surface area (Å²) in [5.74, 6) is -0.801. The zero-order valence-electron chi connectivity index (χ0n) is 19.3. The van der Waals surface area contributed by atoms with Gasteiger partial charge in [-0.05, 0) is 56.0 Å². The molecule has 1 fully saturated rings. The van der Waals surface area contributed by atoms with Crippen LogP contribution in [-0.4, -0.2) is 49.9 Å². The highest BCUT2D eigenvalue weighted by molar-refractivity contribution is 5.99. The van der Waals surface area contributed by atoms with Crippen molar-refractivity contribution in [1.82, 2.24) is 24.8 Å². The minimum atomic E-state index is -0.970. The van der Waals surface area contributed by atoms with E-state index in [4.69, 9.17) is 5.10 Å². The first-order valence-electron chi connectivity index (χ1n) is 10.7. The maximum absolute atomic E-state index is 13.6. The van der Waals surface area contributed by atoms with Gasteiger partial charge in [0.25, 0.3) is 5.91 Å². The van der Waals surface area contributed by atoms with Gasteiger partial charge >= 0.3 is 0 Å². The van der Waals surface area contributed by atoms with Crippen molar-refractivity contribution >= 4 is 17.5 Å². The Hall–Kier alpha value is -3.29. The number of halogens is 1. The summed E-state index contributed by atoms with van der Waals surface area (Å²) in [6.07, 6.45) is 1.61. The molecule has 1 aromatic carbocycles. The van der Waals surface area contributed by atoms with Gasteiger partial charge in [-0.1, -0.05) is 20.8 Å². The van der Waals surface area contributed by atoms with Gasteiger partial charge < -0.3 is 10.2 Å². The molecule has 3 aromatic rings. The fourth-order valence-corrected chi connectivity index (χ4v) is 4.07. The van der Waals surface area contributed by atoms with Gasteiger partial charge in [-0.3, -0.25) is 9.59 Å². The number of aryl methyl sites for hydroxylation is 1. The average molecular weight is 438 g/mol. The van der Waals surface area contributed by atoms with Crippen molar-refractivity contribution in [3.05, 3.63) is 53.1 Å². The molecule has 1 N–H and O–H groups in total. The van der Waals surface area contributed by atoms with Crippen molar-refractivity contribution in [2.75, 3.05) is 13.1 Å². The van der Waals surface area contributed by atoms with Gasteiger partial charge in [0.15, 0.2) is 5.65 Å². The molecule has 2 aromatic heterocycles. The second kappa shape index (κ2) is 7.39. The Labute approximate surface area is 186 Å². The molecule has 0 aliphatic carbocycles. The Morgan fingerprint density at radius 2 is 1.94 bits per heavy atom. The molecular formula is C24H28FN5O2. The number of benzene rings is 1. The molecule has 0 radical (unpaired) electrons. The summed E-state index contributed by atoms with van der Waals surface area (Å²) in [4.78, 5) is 31.8. The van der Waals surface area contributed by atoms with E-state index in [-0.39, 0.29) is 28.7 Å². The molecule has 7 nitrogen and oxygen atoms in total. The molecule has 3 heterocycles. The normalized spacial score (nSPS) is 16.3. The molecule has 0 bridgehead atoms. The number of nitrogens with zero attached hydrogens (tertiary/aromatic N) is 4. The van der Waals surface area contributed by atoms with Crippen LogP contribution in [-0.2, 0) is 10.2 Å². The van der Waals surface area contributed by atoms with Gasteiger partial charge in [0.1, 0.15) is 17.1 Å². The van der Waals surface area contributed by atoms with Crippen LogP contribution in [0.3, 0.4) is 0 Å². The van der Waals surface area contributed by atoms with Crippen molar-refractivity contribution in [3.8, 4) is 11.3 Å². The van der Waals surface area contributed by atoms with Crippen LogP contribution in [0.5, 0.6) is 0 Å². The number of hydrogen-bond donors (Lipinski definition) is 1. The average Bonchev–Trinajstić information content (AvgIpc) is 3.12. The lowest BCUT2D eigenvalue weighted by atomic mass is 9.87. The van der Waals surface area contributed by atoms with Gasteiger partial charge in [-0.15, -0.1) is 0 Å². The van der Waals surface area contributed by atoms with Crippen LogP contribution >= 0.6 is 0 Å². The van der Waals surface area contributed by atoms with E-state index in [9.17, 15) is 14.0 Å². The molecule has 1 aliphatic rings. The zero-order valence-corrected chi connectivity index (χ0v) is 19.3. The molecule has 0 saturated carbocycles. The highest BCUT2D eigenvalue weighted by Crippen LogP contribution is 2.31. The monoisotopic (exact) mass is 437 g/mol. The first kappa shape index (κ1) is 21.9. The summed E-state index contributed by atoms with van der Waals surface area (Å²) in [5.41, 5.74) is 2.76. The van der Waals surface area contributed by atoms with Crippen LogP contribution in [0.2, 0.25) is 0 Å². The minimum Gasteiger partial charge on any atom is -0.352 e. The summed E-state index contributed by atoms with van der Waals surface area (Å²) < 4.78 is 15.3. The van der Waals surface area contributed by atoms with Crippen LogP contribution in [0.25, 0.3) is 16.9 Å². The highest BCUT2D eigenvalue weighted by Gasteiger charge is 2.41. The number of imidazole rings is 1. The lowest BCUT2D eigenvalue weighted by Gasteiger charge is -2.40. The standard InChI is InChI=1S/C24H28FN5O2/c1-14-11-15(25)7-8-16(14)18-12-17(23(2,3)4)20-27-19(13-30(20)28-18)21(31)29-10-9-26-22(32)24(29,5)6/h7-8,11-13H,9-10H2,1-6H3,(H,26,32). The number of nitrogens with one attached hydrogen (secondary N) is 1. The second-order valence-corrected chi connectivity index (χ2v) is 9.82. The van der Waals surface area contributed by atoms with E-state index >= 15 is 0 Å². The zero-order chi connectivity index (χ0) is 23.4. The third-order valence-corrected chi connectivity index (χ3v) is 6.01. The summed E-state index contributed by atoms with van der Waals surface area (Å²) >= 11 is 0. The van der Waals surface area contributed by atoms with Gasteiger partial charge in [-0.2, -0.15) is 5.10 Å². The lowest BCUT2D eigenvalue weighted by molar-refractivity contribution is -0.133. The van der Waals surface area contributed by atoms with Gasteiger partial charge in [0.2, 0.25) is 5.91 Å². The number of rotatable bonds is 2. The predicted molar refractivity (Wildman–Crippen MR) is 120 cm³/mol. The molecule has 1 aliphatic heterocycles. The summed E-state index contributed by atoms with van der Waals surface area (Å²) in [5, 5.41) is 7.49. The number of aromatic nitrogens is 3. The number of hydrogen-bond acceptors (Lipinski definition) is 4. The largest absolute Gasteiger partial charge is 0.352 e. The van der Waals surface area contributed by atoms with E-state index in [1.165, 1.54) is 12.1 Å². The highest BCUT2D eigenvalue weighted by atomic mass is 19.1. The first-order chi connectivity index (χ1) is 14.9. The van der Waals surface area contributed by atoms with Crippen LogP contribution in [0.15, 0.2) is 30.5 Å². The van der Waals surface area contributed by atoms with Crippen LogP contribution in [0.4, 0.5) is 4.39 Å². The van der Waals surface area contributed by atoms with Crippen LogP contribution in [0, 0.1) is 12.7 Å². The Morgan fingerprint density at radius 1 is 1.22 bits per heavy atom. The van der Waals surface area contributed by atoms with Crippen LogP contribution in [0.1, 0.15) is 56.2 Å². The molecule has 0 atom stereocenters. The van der Waals surface area contributed by atoms with Gasteiger partial charge in [0.05, 0.1) is 11.9 Å². The summed E-state index contributed by atoms with van der Waals surface area (Å²) in [6, 6.07) is 6.56. The summed E-state index contributed by atoms with van der Waals surface area (Å²) in [6.45, 7) is 12.3. The van der Waals surface area contributed by atoms with Crippen molar-refractivity contribution in [2.45, 2.75) is 52.5 Å². The number of fused-ring (bicyclic) bond motifs is 1. The van der Waals surface area contributed by atoms with Crippen LogP contribution < -0.4 is 5.32 Å². The topological polar surface area (TPSA) is 79.6 Å². The molecule has 1 saturated heterocycles. The number of piperazine rings is 1. The van der Waals surface area contributed by atoms with E-state index in [0.717, 1.165) is 16.7 Å². The fourth-order valence-electron chi connectivity index (χ4n) is 4.07. The maximum Gasteiger partial charge on any atom is 0.275 e. The third kappa shape index (κ3) is 3.63. The summed E-state index contributed by atoms with van der Waals surface area (Å²) in [7, 11) is 0. The molecular weight excluding hydrogens is 409 g/mol. The number of amides is 2. The lowest BCUT2D eigenvalue weighted by Crippen LogP contribution is -2.63. The van der Waals surface area contributed by atoms with Crippen molar-refractivity contribution < 1.29 is 14.0 Å². The second-order valence-electron chi connectivity index (χ2n) is 9.82. The van der Waals surface area contributed by atoms with E-state index in [1.807, 2.05) is 13.0 Å². The fraction of sp³-hybridized carbons (Fsp3) is 0.417. The molecule has 168 valence electrons. The Balaban J connectivity index is 1.86. The molecule has 0 unspecified atom stereocenters. The Kier molecular flexibility index (Phi) is 5.07. The molecule has 8 heteroatoms. The van der Waals surface area contributed by atoms with E-state index in [2.05, 4.69) is 31.1 Å².